The predicted molar refractivity (Wildman–Crippen MR) is 146 cm³/mol. The van der Waals surface area contributed by atoms with Gasteiger partial charge in [0.25, 0.3) is 0 Å². The molecule has 1 unspecified atom stereocenters. The Morgan fingerprint density at radius 3 is 2.21 bits per heavy atom. The average molecular weight is 568 g/mol. The standard InChI is InChI=1S/C27H32N3O3.C5H5.Fe/c31-25(11-5-8-20-6-1-2-7-20)28-15-12-22(13-16-28)27(33)29-18-24-23-10-4-3-9-21(23)14-17-30(24)26(32)19-29;1-2-4-5-3-1;/h1-4,6-7,9-10,22,24H,5,8,11-19H2;1-5H;/q;;+2. The number of rotatable bonds is 5. The van der Waals surface area contributed by atoms with Crippen molar-refractivity contribution in [1.29, 1.82) is 0 Å². The predicted octanol–water partition coefficient (Wildman–Crippen LogP) is 3.79. The van der Waals surface area contributed by atoms with Gasteiger partial charge >= 0.3 is 17.1 Å². The maximum Gasteiger partial charge on any atom is 2.00 e. The van der Waals surface area contributed by atoms with E-state index in [1.165, 1.54) is 17.0 Å². The summed E-state index contributed by atoms with van der Waals surface area (Å²) in [5.41, 5.74) is 2.46. The molecule has 0 spiro atoms. The fourth-order valence-corrected chi connectivity index (χ4v) is 5.98. The summed E-state index contributed by atoms with van der Waals surface area (Å²) < 4.78 is 0. The van der Waals surface area contributed by atoms with E-state index < -0.39 is 0 Å². The Morgan fingerprint density at radius 2 is 1.51 bits per heavy atom. The average Bonchev–Trinajstić information content (AvgIpc) is 3.70. The number of carbonyl (C=O) groups is 3. The van der Waals surface area contributed by atoms with Gasteiger partial charge in [0.15, 0.2) is 0 Å². The van der Waals surface area contributed by atoms with Crippen molar-refractivity contribution in [2.75, 3.05) is 32.7 Å². The minimum absolute atomic E-state index is 0. The van der Waals surface area contributed by atoms with Gasteiger partial charge in [-0.1, -0.05) is 24.3 Å². The molecule has 1 aromatic carbocycles. The Balaban J connectivity index is 0.000000530. The Morgan fingerprint density at radius 1 is 0.846 bits per heavy atom. The SMILES string of the molecule is O=C(CCC[C]1[CH][CH][CH][CH]1)N1CCC(C(=O)N2CC(=O)N3CCc4ccccc4C3C2)CC1.[CH]1[CH][CH][CH][CH]1.[Fe+2]. The fraction of sp³-hybridized carbons (Fsp3) is 0.406. The third kappa shape index (κ3) is 7.67. The van der Waals surface area contributed by atoms with Crippen molar-refractivity contribution in [1.82, 2.24) is 14.7 Å². The van der Waals surface area contributed by atoms with E-state index in [1.807, 2.05) is 66.9 Å². The summed E-state index contributed by atoms with van der Waals surface area (Å²) in [5, 5.41) is 0. The molecule has 1 aromatic rings. The summed E-state index contributed by atoms with van der Waals surface area (Å²) in [7, 11) is 0. The molecular formula is C32H37FeN3O3+2. The molecule has 0 aromatic heterocycles. The smallest absolute Gasteiger partial charge is 0.343 e. The molecule has 3 heterocycles. The van der Waals surface area contributed by atoms with Crippen molar-refractivity contribution >= 4 is 17.7 Å². The number of amides is 3. The minimum atomic E-state index is -0.100. The summed E-state index contributed by atoms with van der Waals surface area (Å²) in [6.45, 7) is 2.74. The van der Waals surface area contributed by atoms with Gasteiger partial charge in [0, 0.05) is 38.5 Å². The zero-order valence-corrected chi connectivity index (χ0v) is 23.5. The molecule has 3 aliphatic heterocycles. The largest absolute Gasteiger partial charge is 2.00 e. The van der Waals surface area contributed by atoms with Crippen LogP contribution in [-0.2, 0) is 37.9 Å². The number of hydrogen-bond donors (Lipinski definition) is 0. The number of piperidine rings is 1. The normalized spacial score (nSPS) is 23.4. The molecule has 10 radical (unpaired) electrons. The van der Waals surface area contributed by atoms with Crippen LogP contribution in [0.1, 0.15) is 49.3 Å². The van der Waals surface area contributed by atoms with Crippen molar-refractivity contribution in [2.45, 2.75) is 44.6 Å². The summed E-state index contributed by atoms with van der Waals surface area (Å²) in [4.78, 5) is 44.4. The fourth-order valence-electron chi connectivity index (χ4n) is 5.98. The Hall–Kier alpha value is -1.85. The van der Waals surface area contributed by atoms with Gasteiger partial charge in [0.2, 0.25) is 17.7 Å². The molecule has 0 bridgehead atoms. The van der Waals surface area contributed by atoms with Crippen LogP contribution in [-0.4, -0.2) is 65.1 Å². The van der Waals surface area contributed by atoms with E-state index in [-0.39, 0.29) is 53.3 Å². The summed E-state index contributed by atoms with van der Waals surface area (Å²) in [5.74, 6) is 1.50. The number of piperazine rings is 1. The number of nitrogens with zero attached hydrogens (tertiary/aromatic N) is 3. The van der Waals surface area contributed by atoms with Crippen molar-refractivity contribution in [3.05, 3.63) is 99.1 Å². The molecule has 4 fully saturated rings. The van der Waals surface area contributed by atoms with E-state index in [4.69, 9.17) is 0 Å². The summed E-state index contributed by atoms with van der Waals surface area (Å²) >= 11 is 0. The van der Waals surface area contributed by atoms with E-state index >= 15 is 0 Å². The van der Waals surface area contributed by atoms with E-state index in [0.29, 0.717) is 38.9 Å². The third-order valence-corrected chi connectivity index (χ3v) is 8.10. The Bertz CT molecular complexity index is 960. The molecule has 6 rings (SSSR count). The zero-order chi connectivity index (χ0) is 26.3. The first-order valence-corrected chi connectivity index (χ1v) is 13.9. The van der Waals surface area contributed by atoms with Gasteiger partial charge in [0.1, 0.15) is 0 Å². The zero-order valence-electron chi connectivity index (χ0n) is 22.4. The van der Waals surface area contributed by atoms with E-state index in [1.54, 1.807) is 4.90 Å². The summed E-state index contributed by atoms with van der Waals surface area (Å²) in [6.07, 6.45) is 22.8. The molecule has 2 aliphatic carbocycles. The van der Waals surface area contributed by atoms with Crippen molar-refractivity contribution in [3.8, 4) is 0 Å². The van der Waals surface area contributed by atoms with Gasteiger partial charge in [0.05, 0.1) is 12.6 Å². The first-order chi connectivity index (χ1) is 18.6. The molecule has 5 aliphatic rings. The molecule has 2 saturated heterocycles. The molecule has 2 saturated carbocycles. The Kier molecular flexibility index (Phi) is 11.3. The number of carbonyl (C=O) groups excluding carboxylic acids is 3. The molecule has 39 heavy (non-hydrogen) atoms. The number of hydrogen-bond acceptors (Lipinski definition) is 3. The molecule has 1 atom stereocenters. The number of benzene rings is 1. The van der Waals surface area contributed by atoms with Crippen LogP contribution in [0.5, 0.6) is 0 Å². The van der Waals surface area contributed by atoms with Gasteiger partial charge in [-0.15, -0.1) is 0 Å². The van der Waals surface area contributed by atoms with E-state index in [0.717, 1.165) is 25.8 Å². The molecule has 6 nitrogen and oxygen atoms in total. The quantitative estimate of drug-likeness (QED) is 0.509. The molecule has 204 valence electrons. The number of likely N-dealkylation sites (tertiary alicyclic amines) is 1. The van der Waals surface area contributed by atoms with Crippen LogP contribution in [0.25, 0.3) is 0 Å². The van der Waals surface area contributed by atoms with Crippen molar-refractivity contribution in [2.24, 2.45) is 5.92 Å². The summed E-state index contributed by atoms with van der Waals surface area (Å²) in [6, 6.07) is 8.24. The van der Waals surface area contributed by atoms with Crippen LogP contribution in [0.3, 0.4) is 0 Å². The molecule has 0 N–H and O–H groups in total. The second kappa shape index (κ2) is 14.7. The van der Waals surface area contributed by atoms with Gasteiger partial charge in [-0.3, -0.25) is 14.4 Å². The van der Waals surface area contributed by atoms with E-state index in [9.17, 15) is 14.4 Å². The van der Waals surface area contributed by atoms with Crippen LogP contribution < -0.4 is 0 Å². The van der Waals surface area contributed by atoms with Crippen LogP contribution in [0.4, 0.5) is 0 Å². The molecule has 7 heteroatoms. The second-order valence-corrected chi connectivity index (χ2v) is 10.5. The Labute approximate surface area is 245 Å². The maximum atomic E-state index is 13.3. The monoisotopic (exact) mass is 567 g/mol. The van der Waals surface area contributed by atoms with Gasteiger partial charge in [-0.25, -0.2) is 0 Å². The van der Waals surface area contributed by atoms with Crippen LogP contribution in [0, 0.1) is 69.6 Å². The first-order valence-electron chi connectivity index (χ1n) is 13.9. The van der Waals surface area contributed by atoms with E-state index in [2.05, 4.69) is 25.0 Å². The van der Waals surface area contributed by atoms with Crippen molar-refractivity contribution in [3.63, 3.8) is 0 Å². The van der Waals surface area contributed by atoms with Crippen LogP contribution in [0.15, 0.2) is 24.3 Å². The van der Waals surface area contributed by atoms with Crippen LogP contribution >= 0.6 is 0 Å². The van der Waals surface area contributed by atoms with Gasteiger partial charge in [-0.05, 0) is 107 Å². The first kappa shape index (κ1) is 30.1. The topological polar surface area (TPSA) is 60.9 Å². The third-order valence-electron chi connectivity index (χ3n) is 8.10. The molecular weight excluding hydrogens is 530 g/mol. The van der Waals surface area contributed by atoms with Gasteiger partial charge < -0.3 is 14.7 Å². The number of fused-ring (bicyclic) bond motifs is 3. The van der Waals surface area contributed by atoms with Crippen molar-refractivity contribution < 1.29 is 31.5 Å². The van der Waals surface area contributed by atoms with Gasteiger partial charge in [-0.2, -0.15) is 0 Å². The second-order valence-electron chi connectivity index (χ2n) is 10.5. The molecule has 3 amide bonds. The minimum Gasteiger partial charge on any atom is -0.343 e. The maximum absolute atomic E-state index is 13.3. The van der Waals surface area contributed by atoms with Crippen LogP contribution in [0.2, 0.25) is 0 Å².